The molecule has 0 spiro atoms. The van der Waals surface area contributed by atoms with Crippen molar-refractivity contribution in [3.63, 3.8) is 0 Å². The standard InChI is InChI=1S/C13H20N4O3S/c1-9-11(21-8-14-9)7-17(4-5-20-3)12(18)10-6-16(2)13(19)15-10/h8,10H,4-7H2,1-3H3,(H,15,19). The van der Waals surface area contributed by atoms with Crippen LogP contribution in [0.1, 0.15) is 10.6 Å². The van der Waals surface area contributed by atoms with Crippen LogP contribution in [0.15, 0.2) is 5.51 Å². The van der Waals surface area contributed by atoms with Crippen molar-refractivity contribution >= 4 is 23.3 Å². The van der Waals surface area contributed by atoms with Gasteiger partial charge in [-0.05, 0) is 6.92 Å². The molecule has 0 bridgehead atoms. The molecule has 1 saturated heterocycles. The van der Waals surface area contributed by atoms with Crippen molar-refractivity contribution in [2.24, 2.45) is 0 Å². The summed E-state index contributed by atoms with van der Waals surface area (Å²) in [5.74, 6) is -0.0856. The van der Waals surface area contributed by atoms with Gasteiger partial charge < -0.3 is 19.9 Å². The highest BCUT2D eigenvalue weighted by atomic mass is 32.1. The van der Waals surface area contributed by atoms with Crippen LogP contribution in [-0.2, 0) is 16.1 Å². The third-order valence-corrected chi connectivity index (χ3v) is 4.38. The third kappa shape index (κ3) is 3.70. The number of likely N-dealkylation sites (N-methyl/N-ethyl adjacent to an activating group) is 1. The lowest BCUT2D eigenvalue weighted by Gasteiger charge is -2.24. The summed E-state index contributed by atoms with van der Waals surface area (Å²) < 4.78 is 5.07. The molecule has 2 rings (SSSR count). The Kier molecular flexibility index (Phi) is 5.13. The summed E-state index contributed by atoms with van der Waals surface area (Å²) in [4.78, 5) is 32.6. The summed E-state index contributed by atoms with van der Waals surface area (Å²) in [5, 5.41) is 2.70. The molecule has 8 heteroatoms. The van der Waals surface area contributed by atoms with Crippen LogP contribution in [0.3, 0.4) is 0 Å². The van der Waals surface area contributed by atoms with Crippen molar-refractivity contribution in [3.05, 3.63) is 16.1 Å². The fraction of sp³-hybridized carbons (Fsp3) is 0.615. The van der Waals surface area contributed by atoms with E-state index in [1.165, 1.54) is 16.2 Å². The van der Waals surface area contributed by atoms with E-state index in [2.05, 4.69) is 10.3 Å². The number of hydrogen-bond donors (Lipinski definition) is 1. The Morgan fingerprint density at radius 3 is 2.95 bits per heavy atom. The van der Waals surface area contributed by atoms with Gasteiger partial charge in [-0.1, -0.05) is 0 Å². The summed E-state index contributed by atoms with van der Waals surface area (Å²) in [6.45, 7) is 3.76. The largest absolute Gasteiger partial charge is 0.383 e. The number of hydrogen-bond acceptors (Lipinski definition) is 5. The maximum absolute atomic E-state index is 12.6. The van der Waals surface area contributed by atoms with Crippen LogP contribution in [0, 0.1) is 6.92 Å². The Morgan fingerprint density at radius 2 is 2.43 bits per heavy atom. The molecule has 3 amide bonds. The molecule has 1 aliphatic rings. The number of carbonyl (C=O) groups excluding carboxylic acids is 2. The van der Waals surface area contributed by atoms with Gasteiger partial charge in [0.2, 0.25) is 5.91 Å². The molecule has 21 heavy (non-hydrogen) atoms. The van der Waals surface area contributed by atoms with E-state index in [4.69, 9.17) is 4.74 Å². The zero-order chi connectivity index (χ0) is 15.4. The van der Waals surface area contributed by atoms with Crippen molar-refractivity contribution in [2.75, 3.05) is 33.9 Å². The Labute approximate surface area is 127 Å². The highest BCUT2D eigenvalue weighted by molar-refractivity contribution is 7.09. The van der Waals surface area contributed by atoms with Crippen molar-refractivity contribution in [1.82, 2.24) is 20.1 Å². The van der Waals surface area contributed by atoms with Gasteiger partial charge >= 0.3 is 6.03 Å². The monoisotopic (exact) mass is 312 g/mol. The fourth-order valence-corrected chi connectivity index (χ4v) is 2.93. The summed E-state index contributed by atoms with van der Waals surface area (Å²) >= 11 is 1.53. The van der Waals surface area contributed by atoms with Crippen LogP contribution < -0.4 is 5.32 Å². The summed E-state index contributed by atoms with van der Waals surface area (Å²) in [5.41, 5.74) is 2.71. The first-order valence-corrected chi connectivity index (χ1v) is 7.59. The Balaban J connectivity index is 2.06. The topological polar surface area (TPSA) is 74.8 Å². The van der Waals surface area contributed by atoms with E-state index in [1.54, 1.807) is 24.6 Å². The SMILES string of the molecule is COCCN(Cc1scnc1C)C(=O)C1CN(C)C(=O)N1. The minimum atomic E-state index is -0.493. The number of aryl methyl sites for hydroxylation is 1. The molecule has 7 nitrogen and oxygen atoms in total. The molecule has 1 N–H and O–H groups in total. The fourth-order valence-electron chi connectivity index (χ4n) is 2.14. The molecule has 0 radical (unpaired) electrons. The summed E-state index contributed by atoms with van der Waals surface area (Å²) in [7, 11) is 3.28. The first-order valence-electron chi connectivity index (χ1n) is 6.71. The number of methoxy groups -OCH3 is 1. The van der Waals surface area contributed by atoms with E-state index < -0.39 is 6.04 Å². The summed E-state index contributed by atoms with van der Waals surface area (Å²) in [6.07, 6.45) is 0. The molecule has 1 aliphatic heterocycles. The Hall–Kier alpha value is -1.67. The molecular weight excluding hydrogens is 292 g/mol. The number of ether oxygens (including phenoxy) is 1. The van der Waals surface area contributed by atoms with E-state index in [9.17, 15) is 9.59 Å². The number of nitrogens with zero attached hydrogens (tertiary/aromatic N) is 3. The van der Waals surface area contributed by atoms with Crippen LogP contribution in [-0.4, -0.2) is 66.6 Å². The molecule has 0 saturated carbocycles. The number of amides is 3. The molecule has 1 aromatic heterocycles. The number of thiazole rings is 1. The van der Waals surface area contributed by atoms with E-state index in [-0.39, 0.29) is 11.9 Å². The van der Waals surface area contributed by atoms with E-state index in [1.807, 2.05) is 6.92 Å². The smallest absolute Gasteiger partial charge is 0.317 e. The number of aromatic nitrogens is 1. The second-order valence-electron chi connectivity index (χ2n) is 5.00. The Bertz CT molecular complexity index is 519. The van der Waals surface area contributed by atoms with Crippen molar-refractivity contribution in [2.45, 2.75) is 19.5 Å². The number of urea groups is 1. The first kappa shape index (κ1) is 15.7. The molecule has 1 atom stereocenters. The van der Waals surface area contributed by atoms with E-state index >= 15 is 0 Å². The summed E-state index contributed by atoms with van der Waals surface area (Å²) in [6, 6.07) is -0.707. The van der Waals surface area contributed by atoms with Gasteiger partial charge in [0.25, 0.3) is 0 Å². The van der Waals surface area contributed by atoms with Gasteiger partial charge in [0, 0.05) is 25.6 Å². The first-order chi connectivity index (χ1) is 10.0. The van der Waals surface area contributed by atoms with Crippen molar-refractivity contribution < 1.29 is 14.3 Å². The van der Waals surface area contributed by atoms with Crippen LogP contribution in [0.25, 0.3) is 0 Å². The van der Waals surface area contributed by atoms with Gasteiger partial charge in [-0.25, -0.2) is 9.78 Å². The van der Waals surface area contributed by atoms with Gasteiger partial charge in [-0.3, -0.25) is 4.79 Å². The zero-order valence-corrected chi connectivity index (χ0v) is 13.3. The van der Waals surface area contributed by atoms with Crippen molar-refractivity contribution in [3.8, 4) is 0 Å². The van der Waals surface area contributed by atoms with E-state index in [0.29, 0.717) is 26.2 Å². The normalized spacial score (nSPS) is 18.0. The van der Waals surface area contributed by atoms with Gasteiger partial charge in [-0.15, -0.1) is 11.3 Å². The maximum Gasteiger partial charge on any atom is 0.317 e. The minimum absolute atomic E-state index is 0.0856. The lowest BCUT2D eigenvalue weighted by Crippen LogP contribution is -2.46. The number of rotatable bonds is 6. The van der Waals surface area contributed by atoms with Crippen LogP contribution in [0.4, 0.5) is 4.79 Å². The predicted molar refractivity (Wildman–Crippen MR) is 79.1 cm³/mol. The minimum Gasteiger partial charge on any atom is -0.383 e. The highest BCUT2D eigenvalue weighted by Crippen LogP contribution is 2.16. The average Bonchev–Trinajstić information content (AvgIpc) is 3.01. The average molecular weight is 312 g/mol. The molecule has 0 aliphatic carbocycles. The third-order valence-electron chi connectivity index (χ3n) is 3.46. The molecule has 116 valence electrons. The molecule has 1 unspecified atom stereocenters. The lowest BCUT2D eigenvalue weighted by molar-refractivity contribution is -0.134. The van der Waals surface area contributed by atoms with Crippen LogP contribution >= 0.6 is 11.3 Å². The maximum atomic E-state index is 12.6. The second-order valence-corrected chi connectivity index (χ2v) is 5.94. The zero-order valence-electron chi connectivity index (χ0n) is 12.5. The van der Waals surface area contributed by atoms with E-state index in [0.717, 1.165) is 10.6 Å². The molecular formula is C13H20N4O3S. The van der Waals surface area contributed by atoms with Gasteiger partial charge in [0.05, 0.1) is 30.9 Å². The van der Waals surface area contributed by atoms with Gasteiger partial charge in [0.15, 0.2) is 0 Å². The second kappa shape index (κ2) is 6.86. The quantitative estimate of drug-likeness (QED) is 0.827. The molecule has 1 aromatic rings. The molecule has 0 aromatic carbocycles. The van der Waals surface area contributed by atoms with Crippen LogP contribution in [0.2, 0.25) is 0 Å². The predicted octanol–water partition coefficient (Wildman–Crippen LogP) is 0.450. The lowest BCUT2D eigenvalue weighted by atomic mass is 10.2. The number of nitrogens with one attached hydrogen (secondary N) is 1. The molecule has 1 fully saturated rings. The van der Waals surface area contributed by atoms with Gasteiger partial charge in [-0.2, -0.15) is 0 Å². The highest BCUT2D eigenvalue weighted by Gasteiger charge is 2.34. The molecule has 2 heterocycles. The Morgan fingerprint density at radius 1 is 1.67 bits per heavy atom. The number of carbonyl (C=O) groups is 2. The van der Waals surface area contributed by atoms with Crippen molar-refractivity contribution in [1.29, 1.82) is 0 Å². The van der Waals surface area contributed by atoms with Gasteiger partial charge in [0.1, 0.15) is 6.04 Å². The van der Waals surface area contributed by atoms with Crippen LogP contribution in [0.5, 0.6) is 0 Å².